The first-order valence-corrected chi connectivity index (χ1v) is 10.0. The number of hydrogen-bond acceptors (Lipinski definition) is 4. The Hall–Kier alpha value is -2.41. The smallest absolute Gasteiger partial charge is 0.318 e. The van der Waals surface area contributed by atoms with Gasteiger partial charge < -0.3 is 10.2 Å². The van der Waals surface area contributed by atoms with Crippen molar-refractivity contribution in [2.75, 3.05) is 12.8 Å². The van der Waals surface area contributed by atoms with Gasteiger partial charge in [0.15, 0.2) is 9.84 Å². The van der Waals surface area contributed by atoms with Crippen molar-refractivity contribution in [3.8, 4) is 0 Å². The second-order valence-electron chi connectivity index (χ2n) is 6.20. The van der Waals surface area contributed by atoms with Gasteiger partial charge in [0.1, 0.15) is 0 Å². The molecule has 0 saturated carbocycles. The lowest BCUT2D eigenvalue weighted by atomic mass is 9.94. The van der Waals surface area contributed by atoms with E-state index in [1.54, 1.807) is 11.0 Å². The maximum atomic E-state index is 12.6. The molecule has 132 valence electrons. The minimum Gasteiger partial charge on any atom is -0.332 e. The molecule has 2 amide bonds. The number of carbonyl (C=O) groups is 1. The number of amides is 2. The maximum absolute atomic E-state index is 12.6. The number of fused-ring (bicyclic) bond motifs is 1. The van der Waals surface area contributed by atoms with Crippen molar-refractivity contribution >= 4 is 15.9 Å². The van der Waals surface area contributed by atoms with Crippen molar-refractivity contribution in [3.63, 3.8) is 0 Å². The van der Waals surface area contributed by atoms with Gasteiger partial charge in [-0.05, 0) is 36.6 Å². The summed E-state index contributed by atoms with van der Waals surface area (Å²) >= 11 is 0. The zero-order valence-electron chi connectivity index (χ0n) is 14.3. The van der Waals surface area contributed by atoms with E-state index >= 15 is 0 Å². The Labute approximate surface area is 147 Å². The number of urea groups is 1. The van der Waals surface area contributed by atoms with Crippen molar-refractivity contribution in [1.82, 2.24) is 15.2 Å². The predicted octanol–water partition coefficient (Wildman–Crippen LogP) is 2.31. The second-order valence-corrected chi connectivity index (χ2v) is 8.18. The third kappa shape index (κ3) is 3.66. The monoisotopic (exact) mass is 359 g/mol. The molecule has 0 saturated heterocycles. The highest BCUT2D eigenvalue weighted by Gasteiger charge is 2.27. The molecule has 0 spiro atoms. The molecule has 0 unspecified atom stereocenters. The van der Waals surface area contributed by atoms with Gasteiger partial charge >= 0.3 is 6.03 Å². The molecule has 1 aliphatic rings. The van der Waals surface area contributed by atoms with Crippen LogP contribution in [0.15, 0.2) is 47.5 Å². The van der Waals surface area contributed by atoms with Gasteiger partial charge in [0.25, 0.3) is 0 Å². The average Bonchev–Trinajstić information content (AvgIpc) is 2.60. The number of rotatable bonds is 3. The summed E-state index contributed by atoms with van der Waals surface area (Å²) < 4.78 is 23.7. The Morgan fingerprint density at radius 1 is 1.28 bits per heavy atom. The van der Waals surface area contributed by atoms with Crippen molar-refractivity contribution in [3.05, 3.63) is 59.4 Å². The van der Waals surface area contributed by atoms with E-state index < -0.39 is 9.84 Å². The number of benzene rings is 1. The van der Waals surface area contributed by atoms with Gasteiger partial charge in [-0.3, -0.25) is 4.98 Å². The lowest BCUT2D eigenvalue weighted by Crippen LogP contribution is -2.44. The molecule has 0 radical (unpaired) electrons. The Balaban J connectivity index is 1.73. The summed E-state index contributed by atoms with van der Waals surface area (Å²) in [6.45, 7) is 2.71. The van der Waals surface area contributed by atoms with Gasteiger partial charge in [-0.2, -0.15) is 0 Å². The molecular weight excluding hydrogens is 338 g/mol. The number of sulfone groups is 1. The molecule has 6 nitrogen and oxygen atoms in total. The standard InChI is InChI=1S/C18H21N3O3S/c1-13-15-7-4-3-6-14(15)9-11-21(13)18(22)20-12-16-17(25(2,23)24)8-5-10-19-16/h3-8,10,13H,9,11-12H2,1-2H3,(H,20,22)/t13-/m0/s1. The summed E-state index contributed by atoms with van der Waals surface area (Å²) in [5.74, 6) is 0. The highest BCUT2D eigenvalue weighted by Crippen LogP contribution is 2.29. The van der Waals surface area contributed by atoms with E-state index in [1.807, 2.05) is 25.1 Å². The van der Waals surface area contributed by atoms with Gasteiger partial charge in [0.05, 0.1) is 23.2 Å². The second kappa shape index (κ2) is 6.84. The van der Waals surface area contributed by atoms with Crippen LogP contribution in [-0.4, -0.2) is 37.1 Å². The quantitative estimate of drug-likeness (QED) is 0.912. The van der Waals surface area contributed by atoms with Crippen molar-refractivity contribution in [1.29, 1.82) is 0 Å². The first-order chi connectivity index (χ1) is 11.9. The van der Waals surface area contributed by atoms with E-state index in [4.69, 9.17) is 0 Å². The van der Waals surface area contributed by atoms with Crippen LogP contribution in [0.2, 0.25) is 0 Å². The molecule has 1 aromatic heterocycles. The van der Waals surface area contributed by atoms with Crippen LogP contribution in [0.5, 0.6) is 0 Å². The van der Waals surface area contributed by atoms with Gasteiger partial charge in [0.2, 0.25) is 0 Å². The average molecular weight is 359 g/mol. The topological polar surface area (TPSA) is 79.4 Å². The van der Waals surface area contributed by atoms with Gasteiger partial charge in [-0.1, -0.05) is 24.3 Å². The van der Waals surface area contributed by atoms with Crippen LogP contribution in [0.1, 0.15) is 29.8 Å². The SMILES string of the molecule is C[C@H]1c2ccccc2CCN1C(=O)NCc1ncccc1S(C)(=O)=O. The fourth-order valence-electron chi connectivity index (χ4n) is 3.20. The van der Waals surface area contributed by atoms with Crippen molar-refractivity contribution in [2.24, 2.45) is 0 Å². The van der Waals surface area contributed by atoms with E-state index in [1.165, 1.54) is 17.8 Å². The van der Waals surface area contributed by atoms with Gasteiger partial charge in [-0.15, -0.1) is 0 Å². The number of pyridine rings is 1. The summed E-state index contributed by atoms with van der Waals surface area (Å²) in [6.07, 6.45) is 3.47. The predicted molar refractivity (Wildman–Crippen MR) is 94.8 cm³/mol. The van der Waals surface area contributed by atoms with E-state index in [0.717, 1.165) is 18.2 Å². The molecule has 1 atom stereocenters. The Morgan fingerprint density at radius 3 is 2.80 bits per heavy atom. The van der Waals surface area contributed by atoms with Crippen LogP contribution in [0.4, 0.5) is 4.79 Å². The molecule has 25 heavy (non-hydrogen) atoms. The zero-order valence-corrected chi connectivity index (χ0v) is 15.1. The number of nitrogens with zero attached hydrogens (tertiary/aromatic N) is 2. The largest absolute Gasteiger partial charge is 0.332 e. The van der Waals surface area contributed by atoms with Crippen LogP contribution < -0.4 is 5.32 Å². The number of carbonyl (C=O) groups excluding carboxylic acids is 1. The van der Waals surface area contributed by atoms with Crippen LogP contribution in [0, 0.1) is 0 Å². The molecule has 3 rings (SSSR count). The van der Waals surface area contributed by atoms with E-state index in [2.05, 4.69) is 16.4 Å². The van der Waals surface area contributed by atoms with Gasteiger partial charge in [0, 0.05) is 19.0 Å². The highest BCUT2D eigenvalue weighted by molar-refractivity contribution is 7.90. The lowest BCUT2D eigenvalue weighted by molar-refractivity contribution is 0.174. The highest BCUT2D eigenvalue weighted by atomic mass is 32.2. The molecule has 1 N–H and O–H groups in total. The molecule has 0 bridgehead atoms. The Morgan fingerprint density at radius 2 is 2.04 bits per heavy atom. The molecule has 1 aromatic carbocycles. The van der Waals surface area contributed by atoms with Crippen LogP contribution >= 0.6 is 0 Å². The van der Waals surface area contributed by atoms with Crippen LogP contribution in [-0.2, 0) is 22.8 Å². The fourth-order valence-corrected chi connectivity index (χ4v) is 4.08. The minimum absolute atomic E-state index is 0.0249. The fraction of sp³-hybridized carbons (Fsp3) is 0.333. The molecule has 0 fully saturated rings. The van der Waals surface area contributed by atoms with E-state index in [-0.39, 0.29) is 23.5 Å². The van der Waals surface area contributed by atoms with Crippen molar-refractivity contribution < 1.29 is 13.2 Å². The molecule has 7 heteroatoms. The Bertz CT molecular complexity index is 896. The molecule has 0 aliphatic carbocycles. The van der Waals surface area contributed by atoms with Gasteiger partial charge in [-0.25, -0.2) is 13.2 Å². The first kappa shape index (κ1) is 17.4. The van der Waals surface area contributed by atoms with E-state index in [9.17, 15) is 13.2 Å². The third-order valence-electron chi connectivity index (χ3n) is 4.51. The normalized spacial score (nSPS) is 17.0. The third-order valence-corrected chi connectivity index (χ3v) is 5.68. The first-order valence-electron chi connectivity index (χ1n) is 8.14. The number of nitrogens with one attached hydrogen (secondary N) is 1. The molecule has 1 aliphatic heterocycles. The molecular formula is C18H21N3O3S. The number of aromatic nitrogens is 1. The summed E-state index contributed by atoms with van der Waals surface area (Å²) in [4.78, 5) is 18.6. The zero-order chi connectivity index (χ0) is 18.0. The Kier molecular flexibility index (Phi) is 4.76. The van der Waals surface area contributed by atoms with Crippen molar-refractivity contribution in [2.45, 2.75) is 30.8 Å². The summed E-state index contributed by atoms with van der Waals surface area (Å²) in [6, 6.07) is 11.0. The van der Waals surface area contributed by atoms with Crippen LogP contribution in [0.3, 0.4) is 0 Å². The number of hydrogen-bond donors (Lipinski definition) is 1. The van der Waals surface area contributed by atoms with E-state index in [0.29, 0.717) is 12.2 Å². The maximum Gasteiger partial charge on any atom is 0.318 e. The van der Waals surface area contributed by atoms with Crippen LogP contribution in [0.25, 0.3) is 0 Å². The minimum atomic E-state index is -3.38. The summed E-state index contributed by atoms with van der Waals surface area (Å²) in [5, 5.41) is 2.80. The molecule has 2 heterocycles. The summed E-state index contributed by atoms with van der Waals surface area (Å²) in [7, 11) is -3.38. The summed E-state index contributed by atoms with van der Waals surface area (Å²) in [5.41, 5.74) is 2.77. The lowest BCUT2D eigenvalue weighted by Gasteiger charge is -2.35. The molecule has 2 aromatic rings.